The molecule has 1 aromatic rings. The number of alkyl carbamates (subject to hydrolysis) is 1. The maximum Gasteiger partial charge on any atom is 0.408 e. The van der Waals surface area contributed by atoms with Crippen molar-refractivity contribution >= 4 is 12.3 Å². The van der Waals surface area contributed by atoms with Crippen molar-refractivity contribution in [3.63, 3.8) is 0 Å². The fourth-order valence-corrected chi connectivity index (χ4v) is 2.26. The first-order chi connectivity index (χ1) is 10.7. The second-order valence-electron chi connectivity index (χ2n) is 6.73. The fraction of sp³-hybridized carbons (Fsp3) is 0.647. The molecule has 1 amide bonds. The lowest BCUT2D eigenvalue weighted by Gasteiger charge is -2.34. The van der Waals surface area contributed by atoms with Crippen LogP contribution in [0, 0.1) is 0 Å². The van der Waals surface area contributed by atoms with Gasteiger partial charge in [-0.3, -0.25) is 0 Å². The summed E-state index contributed by atoms with van der Waals surface area (Å²) >= 11 is 0. The highest BCUT2D eigenvalue weighted by Crippen LogP contribution is 2.16. The van der Waals surface area contributed by atoms with Crippen molar-refractivity contribution in [2.45, 2.75) is 65.1 Å². The van der Waals surface area contributed by atoms with Crippen molar-refractivity contribution in [3.8, 4) is 0 Å². The molecule has 23 heavy (non-hydrogen) atoms. The molecule has 0 spiro atoms. The van der Waals surface area contributed by atoms with E-state index in [9.17, 15) is 4.79 Å². The van der Waals surface area contributed by atoms with E-state index in [-0.39, 0.29) is 11.6 Å². The molecule has 0 bridgehead atoms. The monoisotopic (exact) mass is 322 g/mol. The topological polar surface area (TPSA) is 68.2 Å². The lowest BCUT2D eigenvalue weighted by molar-refractivity contribution is 0.0446. The van der Waals surface area contributed by atoms with Crippen LogP contribution in [0.2, 0.25) is 0 Å². The Morgan fingerprint density at radius 1 is 1.39 bits per heavy atom. The summed E-state index contributed by atoms with van der Waals surface area (Å²) in [7, 11) is 0. The van der Waals surface area contributed by atoms with E-state index in [0.717, 1.165) is 18.4 Å². The number of hydrogen-bond donors (Lipinski definition) is 2. The van der Waals surface area contributed by atoms with E-state index >= 15 is 0 Å². The van der Waals surface area contributed by atoms with Crippen LogP contribution in [0.3, 0.4) is 0 Å². The van der Waals surface area contributed by atoms with E-state index in [0.29, 0.717) is 13.1 Å². The Labute approximate surface area is 139 Å². The van der Waals surface area contributed by atoms with Crippen LogP contribution in [0.15, 0.2) is 19.0 Å². The molecule has 1 heterocycles. The summed E-state index contributed by atoms with van der Waals surface area (Å²) < 4.78 is 7.05. The van der Waals surface area contributed by atoms with E-state index in [2.05, 4.69) is 36.2 Å². The molecular formula is C17H30N4O2. The summed E-state index contributed by atoms with van der Waals surface area (Å²) in [5.74, 6) is 0. The van der Waals surface area contributed by atoms with Crippen LogP contribution in [0.4, 0.5) is 4.79 Å². The molecule has 0 saturated carbocycles. The Hall–Kier alpha value is -1.82. The van der Waals surface area contributed by atoms with Crippen LogP contribution in [-0.2, 0) is 11.3 Å². The van der Waals surface area contributed by atoms with Crippen LogP contribution in [0.25, 0.3) is 6.20 Å². The fourth-order valence-electron chi connectivity index (χ4n) is 2.26. The van der Waals surface area contributed by atoms with E-state index < -0.39 is 5.60 Å². The van der Waals surface area contributed by atoms with E-state index in [1.165, 1.54) is 0 Å². The second-order valence-corrected chi connectivity index (χ2v) is 6.73. The summed E-state index contributed by atoms with van der Waals surface area (Å²) in [6, 6.07) is 0. The number of carbonyl (C=O) groups excluding carboxylic acids is 1. The molecule has 1 aromatic heterocycles. The standard InChI is InChI=1S/C17H30N4O2/c1-7-17(8-2,20-15(22)23-16(4,5)6)13-18-10-14-11-19-21(9-3)12-14/h9,11-12,18H,3,7-8,10,13H2,1-2,4-6H3,(H,20,22). The van der Waals surface area contributed by atoms with Crippen LogP contribution >= 0.6 is 0 Å². The molecule has 0 atom stereocenters. The van der Waals surface area contributed by atoms with Crippen LogP contribution in [-0.4, -0.2) is 33.6 Å². The van der Waals surface area contributed by atoms with Crippen molar-refractivity contribution < 1.29 is 9.53 Å². The van der Waals surface area contributed by atoms with Gasteiger partial charge >= 0.3 is 6.09 Å². The summed E-state index contributed by atoms with van der Waals surface area (Å²) in [5, 5.41) is 10.6. The molecule has 130 valence electrons. The second kappa shape index (κ2) is 8.15. The number of amides is 1. The zero-order chi connectivity index (χ0) is 17.5. The molecule has 6 heteroatoms. The van der Waals surface area contributed by atoms with Gasteiger partial charge in [-0.1, -0.05) is 20.4 Å². The first kappa shape index (κ1) is 19.2. The number of nitrogens with zero attached hydrogens (tertiary/aromatic N) is 2. The average molecular weight is 322 g/mol. The lowest BCUT2D eigenvalue weighted by Crippen LogP contribution is -2.55. The largest absolute Gasteiger partial charge is 0.444 e. The third kappa shape index (κ3) is 6.44. The van der Waals surface area contributed by atoms with Gasteiger partial charge in [-0.05, 0) is 33.6 Å². The Kier molecular flexibility index (Phi) is 6.81. The normalized spacial score (nSPS) is 12.0. The first-order valence-corrected chi connectivity index (χ1v) is 8.11. The number of hydrogen-bond acceptors (Lipinski definition) is 4. The van der Waals surface area contributed by atoms with Crippen molar-refractivity contribution in [1.82, 2.24) is 20.4 Å². The Bertz CT molecular complexity index is 513. The number of carbonyl (C=O) groups is 1. The third-order valence-corrected chi connectivity index (χ3v) is 3.75. The van der Waals surface area contributed by atoms with Gasteiger partial charge in [0.2, 0.25) is 0 Å². The highest BCUT2D eigenvalue weighted by atomic mass is 16.6. The minimum absolute atomic E-state index is 0.323. The van der Waals surface area contributed by atoms with Crippen molar-refractivity contribution in [1.29, 1.82) is 0 Å². The Morgan fingerprint density at radius 2 is 2.04 bits per heavy atom. The zero-order valence-corrected chi connectivity index (χ0v) is 15.0. The molecular weight excluding hydrogens is 292 g/mol. The Balaban J connectivity index is 2.58. The van der Waals surface area contributed by atoms with Crippen molar-refractivity contribution in [2.24, 2.45) is 0 Å². The predicted octanol–water partition coefficient (Wildman–Crippen LogP) is 3.16. The van der Waals surface area contributed by atoms with Crippen LogP contribution in [0.1, 0.15) is 53.0 Å². The first-order valence-electron chi connectivity index (χ1n) is 8.11. The van der Waals surface area contributed by atoms with Crippen LogP contribution < -0.4 is 10.6 Å². The maximum atomic E-state index is 12.1. The summed E-state index contributed by atoms with van der Waals surface area (Å²) in [4.78, 5) is 12.1. The average Bonchev–Trinajstić information content (AvgIpc) is 2.92. The number of ether oxygens (including phenoxy) is 1. The van der Waals surface area contributed by atoms with Gasteiger partial charge in [0.05, 0.1) is 11.7 Å². The van der Waals surface area contributed by atoms with Gasteiger partial charge in [-0.25, -0.2) is 9.48 Å². The quantitative estimate of drug-likeness (QED) is 0.771. The number of aromatic nitrogens is 2. The highest BCUT2D eigenvalue weighted by molar-refractivity contribution is 5.68. The molecule has 0 saturated heterocycles. The van der Waals surface area contributed by atoms with Gasteiger partial charge < -0.3 is 15.4 Å². The molecule has 0 fully saturated rings. The molecule has 0 radical (unpaired) electrons. The smallest absolute Gasteiger partial charge is 0.408 e. The minimum Gasteiger partial charge on any atom is -0.444 e. The van der Waals surface area contributed by atoms with Gasteiger partial charge in [-0.2, -0.15) is 5.10 Å². The van der Waals surface area contributed by atoms with Gasteiger partial charge in [0.1, 0.15) is 5.60 Å². The molecule has 0 aliphatic carbocycles. The minimum atomic E-state index is -0.496. The third-order valence-electron chi connectivity index (χ3n) is 3.75. The van der Waals surface area contributed by atoms with E-state index in [1.807, 2.05) is 27.0 Å². The van der Waals surface area contributed by atoms with Crippen molar-refractivity contribution in [2.75, 3.05) is 6.54 Å². The molecule has 0 unspecified atom stereocenters. The zero-order valence-electron chi connectivity index (χ0n) is 15.0. The number of nitrogens with one attached hydrogen (secondary N) is 2. The Morgan fingerprint density at radius 3 is 2.52 bits per heavy atom. The molecule has 1 rings (SSSR count). The number of rotatable bonds is 8. The summed E-state index contributed by atoms with van der Waals surface area (Å²) in [5.41, 5.74) is 0.254. The predicted molar refractivity (Wildman–Crippen MR) is 93.0 cm³/mol. The van der Waals surface area contributed by atoms with Gasteiger partial charge in [-0.15, -0.1) is 0 Å². The molecule has 6 nitrogen and oxygen atoms in total. The lowest BCUT2D eigenvalue weighted by atomic mass is 9.93. The van der Waals surface area contributed by atoms with Gasteiger partial charge in [0.15, 0.2) is 0 Å². The van der Waals surface area contributed by atoms with Gasteiger partial charge in [0, 0.05) is 31.0 Å². The summed E-state index contributed by atoms with van der Waals surface area (Å²) in [6.45, 7) is 14.7. The molecule has 2 N–H and O–H groups in total. The van der Waals surface area contributed by atoms with Crippen LogP contribution in [0.5, 0.6) is 0 Å². The molecule has 0 aliphatic rings. The van der Waals surface area contributed by atoms with Crippen molar-refractivity contribution in [3.05, 3.63) is 24.5 Å². The summed E-state index contributed by atoms with van der Waals surface area (Å²) in [6.07, 6.45) is 6.64. The molecule has 0 aromatic carbocycles. The van der Waals surface area contributed by atoms with E-state index in [4.69, 9.17) is 4.74 Å². The maximum absolute atomic E-state index is 12.1. The van der Waals surface area contributed by atoms with Gasteiger partial charge in [0.25, 0.3) is 0 Å². The van der Waals surface area contributed by atoms with E-state index in [1.54, 1.807) is 17.1 Å². The highest BCUT2D eigenvalue weighted by Gasteiger charge is 2.30. The molecule has 0 aliphatic heterocycles. The SMILES string of the molecule is C=Cn1cc(CNCC(CC)(CC)NC(=O)OC(C)(C)C)cn1.